The third kappa shape index (κ3) is 3.54. The van der Waals surface area contributed by atoms with Crippen LogP contribution < -0.4 is 0 Å². The molecule has 1 saturated heterocycles. The second-order valence-corrected chi connectivity index (χ2v) is 8.91. The fraction of sp³-hybridized carbons (Fsp3) is 0.182. The van der Waals surface area contributed by atoms with Crippen molar-refractivity contribution in [2.45, 2.75) is 26.4 Å². The van der Waals surface area contributed by atoms with Crippen molar-refractivity contribution in [1.82, 2.24) is 9.47 Å². The molecule has 0 atom stereocenters. The van der Waals surface area contributed by atoms with Gasteiger partial charge in [0.1, 0.15) is 0 Å². The van der Waals surface area contributed by atoms with Gasteiger partial charge in [-0.1, -0.05) is 46.3 Å². The zero-order valence-electron chi connectivity index (χ0n) is 15.6. The van der Waals surface area contributed by atoms with Crippen LogP contribution in [0.2, 0.25) is 0 Å². The lowest BCUT2D eigenvalue weighted by molar-refractivity contribution is -0.123. The normalized spacial score (nSPS) is 16.1. The van der Waals surface area contributed by atoms with Crippen molar-refractivity contribution in [2.24, 2.45) is 0 Å². The molecule has 3 aromatic rings. The summed E-state index contributed by atoms with van der Waals surface area (Å²) in [7, 11) is 0. The molecule has 0 bridgehead atoms. The molecule has 28 heavy (non-hydrogen) atoms. The Morgan fingerprint density at radius 1 is 1.07 bits per heavy atom. The molecule has 2 aromatic carbocycles. The number of carbonyl (C=O) groups is 2. The van der Waals surface area contributed by atoms with Crippen molar-refractivity contribution < 1.29 is 9.59 Å². The quantitative estimate of drug-likeness (QED) is 0.439. The third-order valence-corrected chi connectivity index (χ3v) is 6.18. The van der Waals surface area contributed by atoms with Gasteiger partial charge >= 0.3 is 0 Å². The van der Waals surface area contributed by atoms with Crippen molar-refractivity contribution in [3.05, 3.63) is 75.2 Å². The van der Waals surface area contributed by atoms with Crippen LogP contribution in [-0.2, 0) is 11.3 Å². The van der Waals surface area contributed by atoms with Gasteiger partial charge in [-0.25, -0.2) is 0 Å². The van der Waals surface area contributed by atoms with Gasteiger partial charge in [-0.05, 0) is 55.4 Å². The standard InChI is InChI=1S/C22H19BrN2O2S/c1-14(2)24-13-16(18-5-3-4-6-19(18)24)11-20-21(26)25(22(27)28-20)12-15-7-9-17(23)10-8-15/h3-11,13-14H,12H2,1-2H3/b20-11+. The Bertz CT molecular complexity index is 1100. The SMILES string of the molecule is CC(C)n1cc(/C=C2/SC(=O)N(Cc3ccc(Br)cc3)C2=O)c2ccccc21. The molecule has 4 rings (SSSR count). The summed E-state index contributed by atoms with van der Waals surface area (Å²) < 4.78 is 3.15. The number of rotatable bonds is 4. The number of carbonyl (C=O) groups excluding carboxylic acids is 2. The maximum Gasteiger partial charge on any atom is 0.293 e. The number of imide groups is 1. The molecular formula is C22H19BrN2O2S. The number of aromatic nitrogens is 1. The van der Waals surface area contributed by atoms with Gasteiger partial charge in [0.25, 0.3) is 11.1 Å². The van der Waals surface area contributed by atoms with Crippen LogP contribution in [0.1, 0.15) is 31.0 Å². The average Bonchev–Trinajstić information content (AvgIpc) is 3.17. The van der Waals surface area contributed by atoms with Gasteiger partial charge in [-0.2, -0.15) is 0 Å². The summed E-state index contributed by atoms with van der Waals surface area (Å²) >= 11 is 4.40. The number of hydrogen-bond donors (Lipinski definition) is 0. The van der Waals surface area contributed by atoms with Gasteiger partial charge < -0.3 is 4.57 Å². The molecule has 0 saturated carbocycles. The third-order valence-electron chi connectivity index (χ3n) is 4.74. The van der Waals surface area contributed by atoms with Crippen LogP contribution in [-0.4, -0.2) is 20.6 Å². The van der Waals surface area contributed by atoms with E-state index >= 15 is 0 Å². The first-order valence-corrected chi connectivity index (χ1v) is 10.6. The number of fused-ring (bicyclic) bond motifs is 1. The molecule has 0 spiro atoms. The van der Waals surface area contributed by atoms with Crippen molar-refractivity contribution in [1.29, 1.82) is 0 Å². The number of para-hydroxylation sites is 1. The number of halogens is 1. The topological polar surface area (TPSA) is 42.3 Å². The fourth-order valence-electron chi connectivity index (χ4n) is 3.32. The van der Waals surface area contributed by atoms with E-state index in [4.69, 9.17) is 0 Å². The Morgan fingerprint density at radius 3 is 2.50 bits per heavy atom. The van der Waals surface area contributed by atoms with E-state index in [9.17, 15) is 9.59 Å². The fourth-order valence-corrected chi connectivity index (χ4v) is 4.42. The van der Waals surface area contributed by atoms with E-state index < -0.39 is 0 Å². The number of thioether (sulfide) groups is 1. The second kappa shape index (κ2) is 7.60. The minimum Gasteiger partial charge on any atom is -0.344 e. The summed E-state index contributed by atoms with van der Waals surface area (Å²) in [5, 5.41) is 0.850. The largest absolute Gasteiger partial charge is 0.344 e. The first kappa shape index (κ1) is 19.0. The lowest BCUT2D eigenvalue weighted by atomic mass is 10.1. The summed E-state index contributed by atoms with van der Waals surface area (Å²) in [6, 6.07) is 16.1. The van der Waals surface area contributed by atoms with E-state index in [0.717, 1.165) is 38.3 Å². The highest BCUT2D eigenvalue weighted by Crippen LogP contribution is 2.35. The van der Waals surface area contributed by atoms with Crippen LogP contribution in [0.5, 0.6) is 0 Å². The Kier molecular flexibility index (Phi) is 5.17. The highest BCUT2D eigenvalue weighted by Gasteiger charge is 2.35. The lowest BCUT2D eigenvalue weighted by Crippen LogP contribution is -2.27. The van der Waals surface area contributed by atoms with Gasteiger partial charge in [-0.3, -0.25) is 14.5 Å². The summed E-state index contributed by atoms with van der Waals surface area (Å²) in [4.78, 5) is 27.1. The summed E-state index contributed by atoms with van der Waals surface area (Å²) in [6.07, 6.45) is 3.89. The predicted molar refractivity (Wildman–Crippen MR) is 118 cm³/mol. The zero-order chi connectivity index (χ0) is 19.8. The first-order chi connectivity index (χ1) is 13.4. The number of hydrogen-bond acceptors (Lipinski definition) is 3. The summed E-state index contributed by atoms with van der Waals surface area (Å²) in [5.41, 5.74) is 3.00. The van der Waals surface area contributed by atoms with E-state index in [2.05, 4.69) is 46.6 Å². The van der Waals surface area contributed by atoms with Gasteiger partial charge in [0.15, 0.2) is 0 Å². The van der Waals surface area contributed by atoms with Crippen LogP contribution >= 0.6 is 27.7 Å². The van der Waals surface area contributed by atoms with Crippen LogP contribution in [0, 0.1) is 0 Å². The zero-order valence-corrected chi connectivity index (χ0v) is 18.0. The molecule has 1 fully saturated rings. The molecule has 1 aromatic heterocycles. The van der Waals surface area contributed by atoms with Crippen molar-refractivity contribution >= 4 is 55.8 Å². The predicted octanol–water partition coefficient (Wildman–Crippen LogP) is 6.22. The molecule has 6 heteroatoms. The highest BCUT2D eigenvalue weighted by atomic mass is 79.9. The monoisotopic (exact) mass is 454 g/mol. The van der Waals surface area contributed by atoms with E-state index in [1.807, 2.05) is 48.5 Å². The average molecular weight is 455 g/mol. The Morgan fingerprint density at radius 2 is 1.79 bits per heavy atom. The Labute approximate surface area is 176 Å². The number of nitrogens with zero attached hydrogens (tertiary/aromatic N) is 2. The van der Waals surface area contributed by atoms with Crippen LogP contribution in [0.25, 0.3) is 17.0 Å². The van der Waals surface area contributed by atoms with Crippen molar-refractivity contribution in [3.8, 4) is 0 Å². The number of amides is 2. The second-order valence-electron chi connectivity index (χ2n) is 7.00. The van der Waals surface area contributed by atoms with E-state index in [-0.39, 0.29) is 17.7 Å². The summed E-state index contributed by atoms with van der Waals surface area (Å²) in [6.45, 7) is 4.54. The maximum atomic E-state index is 12.9. The van der Waals surface area contributed by atoms with E-state index in [0.29, 0.717) is 10.9 Å². The molecule has 142 valence electrons. The molecule has 2 heterocycles. The van der Waals surface area contributed by atoms with E-state index in [1.165, 1.54) is 4.90 Å². The molecule has 0 unspecified atom stereocenters. The Hall–Kier alpha value is -2.31. The molecule has 0 aliphatic carbocycles. The molecule has 2 amide bonds. The maximum absolute atomic E-state index is 12.9. The minimum atomic E-state index is -0.237. The smallest absolute Gasteiger partial charge is 0.293 e. The van der Waals surface area contributed by atoms with Crippen LogP contribution in [0.4, 0.5) is 4.79 Å². The molecule has 1 aliphatic rings. The molecule has 4 nitrogen and oxygen atoms in total. The molecule has 0 N–H and O–H groups in total. The molecule has 1 aliphatic heterocycles. The van der Waals surface area contributed by atoms with Gasteiger partial charge in [0.05, 0.1) is 11.4 Å². The van der Waals surface area contributed by atoms with Gasteiger partial charge in [0.2, 0.25) is 0 Å². The van der Waals surface area contributed by atoms with Crippen molar-refractivity contribution in [2.75, 3.05) is 0 Å². The van der Waals surface area contributed by atoms with Crippen molar-refractivity contribution in [3.63, 3.8) is 0 Å². The minimum absolute atomic E-state index is 0.230. The van der Waals surface area contributed by atoms with Crippen LogP contribution in [0.3, 0.4) is 0 Å². The molecule has 0 radical (unpaired) electrons. The molecular weight excluding hydrogens is 436 g/mol. The highest BCUT2D eigenvalue weighted by molar-refractivity contribution is 9.10. The first-order valence-electron chi connectivity index (χ1n) is 9.03. The van der Waals surface area contributed by atoms with E-state index in [1.54, 1.807) is 0 Å². The van der Waals surface area contributed by atoms with Crippen LogP contribution in [0.15, 0.2) is 64.1 Å². The van der Waals surface area contributed by atoms with Gasteiger partial charge in [0, 0.05) is 33.2 Å². The van der Waals surface area contributed by atoms with Gasteiger partial charge in [-0.15, -0.1) is 0 Å². The Balaban J connectivity index is 1.66. The number of benzene rings is 2. The summed E-state index contributed by atoms with van der Waals surface area (Å²) in [5.74, 6) is -0.237. The lowest BCUT2D eigenvalue weighted by Gasteiger charge is -2.12.